The predicted molar refractivity (Wildman–Crippen MR) is 175 cm³/mol. The molecule has 4 aromatic rings. The Kier molecular flexibility index (Phi) is 9.10. The zero-order valence-electron chi connectivity index (χ0n) is 25.6. The van der Waals surface area contributed by atoms with E-state index in [1.807, 2.05) is 0 Å². The zero-order chi connectivity index (χ0) is 28.3. The minimum atomic E-state index is 0.0877. The summed E-state index contributed by atoms with van der Waals surface area (Å²) in [5, 5.41) is 0. The highest BCUT2D eigenvalue weighted by Gasteiger charge is 2.42. The van der Waals surface area contributed by atoms with Crippen LogP contribution in [0.5, 0.6) is 0 Å². The van der Waals surface area contributed by atoms with E-state index in [0.717, 1.165) is 11.0 Å². The molecule has 0 saturated carbocycles. The molecule has 0 saturated heterocycles. The number of rotatable bonds is 13. The van der Waals surface area contributed by atoms with Crippen molar-refractivity contribution in [3.05, 3.63) is 70.8 Å². The average molecular weight is 553 g/mol. The van der Waals surface area contributed by atoms with Gasteiger partial charge in [0.15, 0.2) is 0 Å². The summed E-state index contributed by atoms with van der Waals surface area (Å²) in [7, 11) is 0. The molecule has 0 radical (unpaired) electrons. The summed E-state index contributed by atoms with van der Waals surface area (Å²) in [6.45, 7) is 13.8. The van der Waals surface area contributed by atoms with Gasteiger partial charge in [-0.05, 0) is 69.7 Å². The van der Waals surface area contributed by atoms with Gasteiger partial charge in [-0.15, -0.1) is 0 Å². The summed E-state index contributed by atoms with van der Waals surface area (Å²) in [5.74, 6) is 0.969. The van der Waals surface area contributed by atoms with Crippen molar-refractivity contribution in [1.29, 1.82) is 0 Å². The van der Waals surface area contributed by atoms with Crippen molar-refractivity contribution in [2.45, 2.75) is 123 Å². The first-order chi connectivity index (χ1) is 19.4. The Bertz CT molecular complexity index is 1430. The highest BCUT2D eigenvalue weighted by atomic mass is 32.1. The molecule has 0 atom stereocenters. The third kappa shape index (κ3) is 5.39. The second-order valence-electron chi connectivity index (χ2n) is 12.7. The van der Waals surface area contributed by atoms with Crippen LogP contribution in [-0.2, 0) is 5.41 Å². The van der Waals surface area contributed by atoms with E-state index in [1.165, 1.54) is 109 Å². The van der Waals surface area contributed by atoms with Crippen molar-refractivity contribution >= 4 is 22.8 Å². The number of fused-ring (bicyclic) bond motifs is 4. The molecule has 1 aromatic heterocycles. The summed E-state index contributed by atoms with van der Waals surface area (Å²) in [4.78, 5) is 0. The van der Waals surface area contributed by atoms with Gasteiger partial charge in [-0.2, -0.15) is 8.75 Å². The molecule has 0 amide bonds. The fourth-order valence-corrected chi connectivity index (χ4v) is 7.58. The summed E-state index contributed by atoms with van der Waals surface area (Å²) >= 11 is 1.34. The maximum atomic E-state index is 4.81. The highest BCUT2D eigenvalue weighted by Crippen LogP contribution is 2.55. The van der Waals surface area contributed by atoms with E-state index in [-0.39, 0.29) is 5.41 Å². The molecule has 1 heterocycles. The second kappa shape index (κ2) is 12.6. The third-order valence-corrected chi connectivity index (χ3v) is 9.87. The molecular weight excluding hydrogens is 504 g/mol. The van der Waals surface area contributed by atoms with Crippen LogP contribution in [0, 0.1) is 0 Å². The van der Waals surface area contributed by atoms with Crippen LogP contribution in [0.1, 0.15) is 140 Å². The van der Waals surface area contributed by atoms with E-state index >= 15 is 0 Å². The first kappa shape index (κ1) is 29.0. The Hall–Kier alpha value is -2.52. The highest BCUT2D eigenvalue weighted by molar-refractivity contribution is 7.00. The Morgan fingerprint density at radius 3 is 1.85 bits per heavy atom. The van der Waals surface area contributed by atoms with Crippen LogP contribution < -0.4 is 0 Å². The van der Waals surface area contributed by atoms with Crippen molar-refractivity contribution in [3.63, 3.8) is 0 Å². The molecule has 0 aliphatic heterocycles. The molecule has 212 valence electrons. The molecule has 3 aromatic carbocycles. The number of aromatic nitrogens is 2. The van der Waals surface area contributed by atoms with Crippen LogP contribution in [-0.4, -0.2) is 8.75 Å². The van der Waals surface area contributed by atoms with Gasteiger partial charge in [0.25, 0.3) is 0 Å². The Morgan fingerprint density at radius 1 is 0.625 bits per heavy atom. The van der Waals surface area contributed by atoms with Crippen LogP contribution in [0.2, 0.25) is 0 Å². The van der Waals surface area contributed by atoms with Crippen molar-refractivity contribution in [3.8, 4) is 22.3 Å². The number of hydrogen-bond donors (Lipinski definition) is 0. The van der Waals surface area contributed by atoms with Crippen LogP contribution in [0.15, 0.2) is 48.5 Å². The van der Waals surface area contributed by atoms with Crippen molar-refractivity contribution in [2.75, 3.05) is 0 Å². The van der Waals surface area contributed by atoms with Gasteiger partial charge < -0.3 is 0 Å². The number of nitrogens with zero attached hydrogens (tertiary/aromatic N) is 2. The van der Waals surface area contributed by atoms with Crippen LogP contribution >= 0.6 is 11.7 Å². The molecule has 0 unspecified atom stereocenters. The summed E-state index contributed by atoms with van der Waals surface area (Å²) < 4.78 is 9.54. The molecule has 3 heteroatoms. The summed E-state index contributed by atoms with van der Waals surface area (Å²) in [6.07, 6.45) is 12.9. The lowest BCUT2D eigenvalue weighted by atomic mass is 9.70. The van der Waals surface area contributed by atoms with Crippen LogP contribution in [0.25, 0.3) is 33.3 Å². The average Bonchev–Trinajstić information content (AvgIpc) is 3.54. The first-order valence-corrected chi connectivity index (χ1v) is 16.7. The van der Waals surface area contributed by atoms with E-state index in [4.69, 9.17) is 8.75 Å². The van der Waals surface area contributed by atoms with E-state index < -0.39 is 0 Å². The fourth-order valence-electron chi connectivity index (χ4n) is 6.99. The lowest BCUT2D eigenvalue weighted by Gasteiger charge is -2.33. The molecule has 0 spiro atoms. The molecule has 1 aliphatic carbocycles. The normalized spacial score (nSPS) is 13.9. The summed E-state index contributed by atoms with van der Waals surface area (Å²) in [6, 6.07) is 19.3. The Morgan fingerprint density at radius 2 is 1.23 bits per heavy atom. The second-order valence-corrected chi connectivity index (χ2v) is 13.3. The number of benzene rings is 3. The first-order valence-electron chi connectivity index (χ1n) is 16.0. The smallest absolute Gasteiger partial charge is 0.112 e. The van der Waals surface area contributed by atoms with Gasteiger partial charge in [-0.25, -0.2) is 0 Å². The molecule has 0 bridgehead atoms. The molecule has 0 fully saturated rings. The van der Waals surface area contributed by atoms with E-state index in [9.17, 15) is 0 Å². The van der Waals surface area contributed by atoms with E-state index in [2.05, 4.69) is 90.1 Å². The minimum Gasteiger partial charge on any atom is -0.173 e. The SMILES string of the molecule is CCCCCCC1(CCCCCC)c2cc(-c3ccc(C(C)C)c4nsnc34)ccc2-c2ccc(C(C)C)cc21. The van der Waals surface area contributed by atoms with Gasteiger partial charge in [-0.3, -0.25) is 0 Å². The molecule has 1 aliphatic rings. The zero-order valence-corrected chi connectivity index (χ0v) is 26.5. The molecule has 0 N–H and O–H groups in total. The lowest BCUT2D eigenvalue weighted by Crippen LogP contribution is -2.26. The summed E-state index contributed by atoms with van der Waals surface area (Å²) in [5.41, 5.74) is 13.6. The Balaban J connectivity index is 1.67. The largest absolute Gasteiger partial charge is 0.173 e. The lowest BCUT2D eigenvalue weighted by molar-refractivity contribution is 0.400. The van der Waals surface area contributed by atoms with Gasteiger partial charge in [0.2, 0.25) is 0 Å². The quantitative estimate of drug-likeness (QED) is 0.154. The minimum absolute atomic E-state index is 0.0877. The maximum absolute atomic E-state index is 4.81. The standard InChI is InChI=1S/C37H48N2S/c1-7-9-11-13-21-37(22-14-12-10-8-2)33-23-27(25(3)4)15-17-31(33)32-18-16-28(24-34(32)37)30-20-19-29(26(5)6)35-36(30)39-40-38-35/h15-20,23-26H,7-14,21-22H2,1-6H3. The van der Waals surface area contributed by atoms with E-state index in [1.54, 1.807) is 11.1 Å². The van der Waals surface area contributed by atoms with Gasteiger partial charge in [-0.1, -0.05) is 135 Å². The third-order valence-electron chi connectivity index (χ3n) is 9.35. The van der Waals surface area contributed by atoms with Crippen molar-refractivity contribution < 1.29 is 0 Å². The van der Waals surface area contributed by atoms with Gasteiger partial charge in [0, 0.05) is 11.0 Å². The van der Waals surface area contributed by atoms with Gasteiger partial charge >= 0.3 is 0 Å². The van der Waals surface area contributed by atoms with Crippen molar-refractivity contribution in [2.24, 2.45) is 0 Å². The monoisotopic (exact) mass is 552 g/mol. The van der Waals surface area contributed by atoms with Gasteiger partial charge in [0.05, 0.1) is 11.7 Å². The fraction of sp³-hybridized carbons (Fsp3) is 0.514. The van der Waals surface area contributed by atoms with Crippen LogP contribution in [0.4, 0.5) is 0 Å². The van der Waals surface area contributed by atoms with E-state index in [0.29, 0.717) is 11.8 Å². The van der Waals surface area contributed by atoms with Gasteiger partial charge in [0.1, 0.15) is 11.0 Å². The molecule has 2 nitrogen and oxygen atoms in total. The predicted octanol–water partition coefficient (Wildman–Crippen LogP) is 11.8. The topological polar surface area (TPSA) is 25.8 Å². The van der Waals surface area contributed by atoms with Crippen LogP contribution in [0.3, 0.4) is 0 Å². The molecule has 40 heavy (non-hydrogen) atoms. The maximum Gasteiger partial charge on any atom is 0.112 e. The number of hydrogen-bond acceptors (Lipinski definition) is 3. The Labute approximate surface area is 247 Å². The number of unbranched alkanes of at least 4 members (excludes halogenated alkanes) is 6. The molecular formula is C37H48N2S. The van der Waals surface area contributed by atoms with Crippen molar-refractivity contribution in [1.82, 2.24) is 8.75 Å². The molecule has 5 rings (SSSR count).